The van der Waals surface area contributed by atoms with Gasteiger partial charge < -0.3 is 10.2 Å². The van der Waals surface area contributed by atoms with Crippen molar-refractivity contribution < 1.29 is 0 Å². The van der Waals surface area contributed by atoms with Crippen molar-refractivity contribution in [2.75, 3.05) is 19.6 Å². The zero-order valence-electron chi connectivity index (χ0n) is 11.1. The van der Waals surface area contributed by atoms with Gasteiger partial charge in [0, 0.05) is 25.7 Å². The molecule has 1 atom stereocenters. The third kappa shape index (κ3) is 3.56. The lowest BCUT2D eigenvalue weighted by atomic mass is 10.0. The van der Waals surface area contributed by atoms with Gasteiger partial charge in [0.25, 0.3) is 0 Å². The fraction of sp³-hybridized carbons (Fsp3) is 0.625. The van der Waals surface area contributed by atoms with Crippen LogP contribution in [0, 0.1) is 5.92 Å². The van der Waals surface area contributed by atoms with Gasteiger partial charge in [0.05, 0.1) is 0 Å². The van der Waals surface area contributed by atoms with E-state index < -0.39 is 0 Å². The zero-order chi connectivity index (χ0) is 12.2. The van der Waals surface area contributed by atoms with Crippen molar-refractivity contribution in [3.05, 3.63) is 35.9 Å². The van der Waals surface area contributed by atoms with Crippen molar-refractivity contribution in [2.45, 2.75) is 38.3 Å². The molecule has 2 nitrogen and oxygen atoms in total. The summed E-state index contributed by atoms with van der Waals surface area (Å²) in [6.45, 7) is 4.94. The van der Waals surface area contributed by atoms with Crippen molar-refractivity contribution in [3.8, 4) is 0 Å². The lowest BCUT2D eigenvalue weighted by molar-refractivity contribution is 0.183. The molecule has 1 N–H and O–H groups in total. The number of rotatable bonds is 5. The molecule has 0 aromatic heterocycles. The maximum absolute atomic E-state index is 3.72. The third-order valence-corrected chi connectivity index (χ3v) is 4.16. The molecule has 0 bridgehead atoms. The lowest BCUT2D eigenvalue weighted by Crippen LogP contribution is -2.46. The molecule has 1 aromatic carbocycles. The summed E-state index contributed by atoms with van der Waals surface area (Å²) in [4.78, 5) is 2.67. The van der Waals surface area contributed by atoms with E-state index in [0.717, 1.165) is 12.5 Å². The van der Waals surface area contributed by atoms with E-state index in [4.69, 9.17) is 0 Å². The summed E-state index contributed by atoms with van der Waals surface area (Å²) in [6.07, 6.45) is 5.64. The average Bonchev–Trinajstić information content (AvgIpc) is 3.22. The van der Waals surface area contributed by atoms with Crippen molar-refractivity contribution in [2.24, 2.45) is 5.92 Å². The first-order valence-corrected chi connectivity index (χ1v) is 7.40. The minimum absolute atomic E-state index is 0.692. The molecule has 2 aliphatic rings. The van der Waals surface area contributed by atoms with Crippen LogP contribution < -0.4 is 5.32 Å². The van der Waals surface area contributed by atoms with Gasteiger partial charge in [0.15, 0.2) is 0 Å². The molecule has 1 saturated carbocycles. The highest BCUT2D eigenvalue weighted by Gasteiger charge is 2.27. The minimum atomic E-state index is 0.692. The van der Waals surface area contributed by atoms with Crippen LogP contribution in [0.5, 0.6) is 0 Å². The highest BCUT2D eigenvalue weighted by atomic mass is 15.2. The summed E-state index contributed by atoms with van der Waals surface area (Å²) in [5.74, 6) is 1.03. The Balaban J connectivity index is 1.44. The van der Waals surface area contributed by atoms with Crippen LogP contribution in [0.25, 0.3) is 0 Å². The van der Waals surface area contributed by atoms with Crippen LogP contribution in [0.3, 0.4) is 0 Å². The molecule has 2 fully saturated rings. The van der Waals surface area contributed by atoms with E-state index in [0.29, 0.717) is 6.04 Å². The van der Waals surface area contributed by atoms with Gasteiger partial charge in [0.2, 0.25) is 0 Å². The lowest BCUT2D eigenvalue weighted by Gasteiger charge is -2.33. The molecule has 0 amide bonds. The molecule has 0 spiro atoms. The van der Waals surface area contributed by atoms with Gasteiger partial charge in [-0.3, -0.25) is 0 Å². The summed E-state index contributed by atoms with van der Waals surface area (Å²) in [6, 6.07) is 11.4. The van der Waals surface area contributed by atoms with Gasteiger partial charge in [-0.25, -0.2) is 0 Å². The van der Waals surface area contributed by atoms with E-state index in [1.54, 1.807) is 0 Å². The molecule has 1 unspecified atom stereocenters. The van der Waals surface area contributed by atoms with Gasteiger partial charge >= 0.3 is 0 Å². The average molecular weight is 244 g/mol. The highest BCUT2D eigenvalue weighted by molar-refractivity contribution is 5.14. The number of likely N-dealkylation sites (tertiary alicyclic amines) is 1. The fourth-order valence-corrected chi connectivity index (χ4v) is 2.91. The topological polar surface area (TPSA) is 15.3 Å². The Kier molecular flexibility index (Phi) is 3.96. The Bertz CT molecular complexity index is 359. The van der Waals surface area contributed by atoms with Crippen LogP contribution >= 0.6 is 0 Å². The number of piperidine rings is 1. The van der Waals surface area contributed by atoms with E-state index in [1.807, 2.05) is 0 Å². The van der Waals surface area contributed by atoms with Crippen LogP contribution in [-0.4, -0.2) is 30.6 Å². The molecule has 98 valence electrons. The molecule has 1 saturated heterocycles. The molecule has 3 rings (SSSR count). The number of nitrogens with one attached hydrogen (secondary N) is 1. The van der Waals surface area contributed by atoms with E-state index in [9.17, 15) is 0 Å². The summed E-state index contributed by atoms with van der Waals surface area (Å²) in [5, 5.41) is 3.72. The van der Waals surface area contributed by atoms with E-state index in [2.05, 4.69) is 40.5 Å². The predicted octanol–water partition coefficient (Wildman–Crippen LogP) is 2.65. The molecule has 0 radical (unpaired) electrons. The summed E-state index contributed by atoms with van der Waals surface area (Å²) >= 11 is 0. The van der Waals surface area contributed by atoms with Crippen LogP contribution in [0.2, 0.25) is 0 Å². The molecule has 1 aromatic rings. The van der Waals surface area contributed by atoms with Crippen molar-refractivity contribution in [1.82, 2.24) is 10.2 Å². The van der Waals surface area contributed by atoms with Crippen LogP contribution in [0.15, 0.2) is 30.3 Å². The standard InChI is InChI=1S/C16H24N2/c1-2-5-14(6-3-1)11-17-16-7-4-10-18(13-16)12-15-8-9-15/h1-3,5-6,15-17H,4,7-13H2. The van der Waals surface area contributed by atoms with Gasteiger partial charge in [0.1, 0.15) is 0 Å². The first-order valence-electron chi connectivity index (χ1n) is 7.40. The van der Waals surface area contributed by atoms with Crippen LogP contribution in [0.4, 0.5) is 0 Å². The summed E-state index contributed by atoms with van der Waals surface area (Å²) in [7, 11) is 0. The zero-order valence-corrected chi connectivity index (χ0v) is 11.1. The molecule has 1 aliphatic carbocycles. The Hall–Kier alpha value is -0.860. The highest BCUT2D eigenvalue weighted by Crippen LogP contribution is 2.30. The number of hydrogen-bond acceptors (Lipinski definition) is 2. The second kappa shape index (κ2) is 5.85. The van der Waals surface area contributed by atoms with Crippen LogP contribution in [-0.2, 0) is 6.54 Å². The number of benzene rings is 1. The van der Waals surface area contributed by atoms with Crippen LogP contribution in [0.1, 0.15) is 31.2 Å². The Morgan fingerprint density at radius 3 is 2.72 bits per heavy atom. The smallest absolute Gasteiger partial charge is 0.0208 e. The SMILES string of the molecule is c1ccc(CNC2CCCN(CC3CC3)C2)cc1. The number of nitrogens with zero attached hydrogens (tertiary/aromatic N) is 1. The minimum Gasteiger partial charge on any atom is -0.309 e. The fourth-order valence-electron chi connectivity index (χ4n) is 2.91. The van der Waals surface area contributed by atoms with Crippen molar-refractivity contribution in [1.29, 1.82) is 0 Å². The number of hydrogen-bond donors (Lipinski definition) is 1. The third-order valence-electron chi connectivity index (χ3n) is 4.16. The molecule has 18 heavy (non-hydrogen) atoms. The Morgan fingerprint density at radius 2 is 1.94 bits per heavy atom. The van der Waals surface area contributed by atoms with E-state index in [-0.39, 0.29) is 0 Å². The Morgan fingerprint density at radius 1 is 1.11 bits per heavy atom. The first-order chi connectivity index (χ1) is 8.90. The molecule has 2 heteroatoms. The molecule has 1 heterocycles. The van der Waals surface area contributed by atoms with Gasteiger partial charge in [-0.15, -0.1) is 0 Å². The first kappa shape index (κ1) is 12.2. The quantitative estimate of drug-likeness (QED) is 0.856. The van der Waals surface area contributed by atoms with E-state index >= 15 is 0 Å². The van der Waals surface area contributed by atoms with Crippen molar-refractivity contribution >= 4 is 0 Å². The summed E-state index contributed by atoms with van der Waals surface area (Å²) < 4.78 is 0. The second-order valence-electron chi connectivity index (χ2n) is 5.91. The van der Waals surface area contributed by atoms with Crippen molar-refractivity contribution in [3.63, 3.8) is 0 Å². The molecule has 1 aliphatic heterocycles. The predicted molar refractivity (Wildman–Crippen MR) is 75.5 cm³/mol. The van der Waals surface area contributed by atoms with Gasteiger partial charge in [-0.1, -0.05) is 30.3 Å². The molecular weight excluding hydrogens is 220 g/mol. The largest absolute Gasteiger partial charge is 0.309 e. The normalized spacial score (nSPS) is 25.2. The second-order valence-corrected chi connectivity index (χ2v) is 5.91. The van der Waals surface area contributed by atoms with Gasteiger partial charge in [-0.05, 0) is 43.7 Å². The summed E-state index contributed by atoms with van der Waals surface area (Å²) in [5.41, 5.74) is 1.40. The molecular formula is C16H24N2. The maximum atomic E-state index is 3.72. The monoisotopic (exact) mass is 244 g/mol. The Labute approximate surface area is 110 Å². The maximum Gasteiger partial charge on any atom is 0.0208 e. The van der Waals surface area contributed by atoms with Gasteiger partial charge in [-0.2, -0.15) is 0 Å². The van der Waals surface area contributed by atoms with E-state index in [1.165, 1.54) is 50.9 Å².